The molecule has 0 aromatic heterocycles. The number of hydrogen-bond donors (Lipinski definition) is 2. The fraction of sp³-hybridized carbons (Fsp3) is 0.462. The van der Waals surface area contributed by atoms with Crippen LogP contribution in [0.25, 0.3) is 0 Å². The van der Waals surface area contributed by atoms with Crippen LogP contribution in [0.2, 0.25) is 5.02 Å². The lowest BCUT2D eigenvalue weighted by molar-refractivity contribution is -0.123. The maximum Gasteiger partial charge on any atom is 0.239 e. The summed E-state index contributed by atoms with van der Waals surface area (Å²) in [7, 11) is 0. The summed E-state index contributed by atoms with van der Waals surface area (Å²) in [6.07, 6.45) is 0. The summed E-state index contributed by atoms with van der Waals surface area (Å²) in [6.45, 7) is 3.34. The molecule has 108 valence electrons. The lowest BCUT2D eigenvalue weighted by atomic mass is 10.0. The summed E-state index contributed by atoms with van der Waals surface area (Å²) < 4.78 is 10.6. The largest absolute Gasteiger partial charge is 0.454 e. The van der Waals surface area contributed by atoms with E-state index in [2.05, 4.69) is 5.32 Å². The quantitative estimate of drug-likeness (QED) is 0.850. The highest BCUT2D eigenvalue weighted by atomic mass is 35.5. The molecule has 0 saturated carbocycles. The van der Waals surface area contributed by atoms with E-state index in [4.69, 9.17) is 26.8 Å². The number of rotatable bonds is 3. The number of amides is 1. The number of halogens is 1. The van der Waals surface area contributed by atoms with E-state index in [9.17, 15) is 4.79 Å². The van der Waals surface area contributed by atoms with Gasteiger partial charge in [-0.1, -0.05) is 11.6 Å². The zero-order chi connectivity index (χ0) is 14.1. The molecule has 0 aliphatic carbocycles. The zero-order valence-electron chi connectivity index (χ0n) is 10.9. The standard InChI is InChI=1S/C13H16ClN3O3/c14-9-5-8(6-10-12(9)20-7-19-10)11(13(15)18)17-3-1-16-2-4-17/h5-6,11,16H,1-4,7H2,(H2,15,18). The van der Waals surface area contributed by atoms with Crippen LogP contribution in [0, 0.1) is 0 Å². The number of hydrogen-bond acceptors (Lipinski definition) is 5. The number of nitrogens with two attached hydrogens (primary N) is 1. The first-order valence-corrected chi connectivity index (χ1v) is 6.88. The number of nitrogens with one attached hydrogen (secondary N) is 1. The molecular weight excluding hydrogens is 282 g/mol. The van der Waals surface area contributed by atoms with Gasteiger partial charge in [0.05, 0.1) is 5.02 Å². The van der Waals surface area contributed by atoms with Gasteiger partial charge in [-0.15, -0.1) is 0 Å². The van der Waals surface area contributed by atoms with Gasteiger partial charge in [0, 0.05) is 26.2 Å². The molecule has 2 aliphatic rings. The molecule has 6 nitrogen and oxygen atoms in total. The van der Waals surface area contributed by atoms with Gasteiger partial charge in [-0.25, -0.2) is 0 Å². The van der Waals surface area contributed by atoms with Crippen LogP contribution in [-0.4, -0.2) is 43.8 Å². The van der Waals surface area contributed by atoms with Crippen molar-refractivity contribution in [3.63, 3.8) is 0 Å². The van der Waals surface area contributed by atoms with E-state index >= 15 is 0 Å². The van der Waals surface area contributed by atoms with Gasteiger partial charge >= 0.3 is 0 Å². The third kappa shape index (κ3) is 2.42. The second-order valence-electron chi connectivity index (χ2n) is 4.83. The smallest absolute Gasteiger partial charge is 0.239 e. The Hall–Kier alpha value is -1.50. The van der Waals surface area contributed by atoms with E-state index in [1.54, 1.807) is 12.1 Å². The monoisotopic (exact) mass is 297 g/mol. The van der Waals surface area contributed by atoms with Gasteiger partial charge in [-0.05, 0) is 17.7 Å². The Labute approximate surface area is 121 Å². The average molecular weight is 298 g/mol. The number of ether oxygens (including phenoxy) is 2. The number of primary amides is 1. The molecule has 3 rings (SSSR count). The molecule has 0 bridgehead atoms. The Morgan fingerprint density at radius 1 is 1.35 bits per heavy atom. The highest BCUT2D eigenvalue weighted by Crippen LogP contribution is 2.41. The highest BCUT2D eigenvalue weighted by Gasteiger charge is 2.29. The summed E-state index contributed by atoms with van der Waals surface area (Å²) in [5.41, 5.74) is 6.32. The average Bonchev–Trinajstić information content (AvgIpc) is 2.88. The molecule has 0 radical (unpaired) electrons. The summed E-state index contributed by atoms with van der Waals surface area (Å²) in [4.78, 5) is 13.9. The van der Waals surface area contributed by atoms with Crippen LogP contribution in [0.4, 0.5) is 0 Å². The third-order valence-electron chi connectivity index (χ3n) is 3.55. The van der Waals surface area contributed by atoms with Gasteiger partial charge in [-0.2, -0.15) is 0 Å². The third-order valence-corrected chi connectivity index (χ3v) is 3.83. The van der Waals surface area contributed by atoms with Gasteiger partial charge in [0.15, 0.2) is 11.5 Å². The second kappa shape index (κ2) is 5.47. The number of piperazine rings is 1. The van der Waals surface area contributed by atoms with Crippen LogP contribution in [0.1, 0.15) is 11.6 Å². The summed E-state index contributed by atoms with van der Waals surface area (Å²) in [5, 5.41) is 3.69. The van der Waals surface area contributed by atoms with Crippen molar-refractivity contribution >= 4 is 17.5 Å². The molecule has 0 spiro atoms. The molecular formula is C13H16ClN3O3. The topological polar surface area (TPSA) is 76.8 Å². The molecule has 1 unspecified atom stereocenters. The van der Waals surface area contributed by atoms with E-state index in [1.165, 1.54) is 0 Å². The van der Waals surface area contributed by atoms with Crippen molar-refractivity contribution in [1.29, 1.82) is 0 Å². The number of nitrogens with zero attached hydrogens (tertiary/aromatic N) is 1. The minimum Gasteiger partial charge on any atom is -0.454 e. The number of carbonyl (C=O) groups excluding carboxylic acids is 1. The Morgan fingerprint density at radius 3 is 2.80 bits per heavy atom. The van der Waals surface area contributed by atoms with E-state index in [0.717, 1.165) is 31.7 Å². The lowest BCUT2D eigenvalue weighted by Crippen LogP contribution is -2.48. The van der Waals surface area contributed by atoms with Crippen molar-refractivity contribution in [2.24, 2.45) is 5.73 Å². The van der Waals surface area contributed by atoms with Crippen molar-refractivity contribution in [2.45, 2.75) is 6.04 Å². The Morgan fingerprint density at radius 2 is 2.10 bits per heavy atom. The molecule has 1 atom stereocenters. The Bertz CT molecular complexity index is 532. The van der Waals surface area contributed by atoms with Crippen LogP contribution in [0.3, 0.4) is 0 Å². The molecule has 20 heavy (non-hydrogen) atoms. The van der Waals surface area contributed by atoms with Crippen LogP contribution >= 0.6 is 11.6 Å². The lowest BCUT2D eigenvalue weighted by Gasteiger charge is -2.33. The summed E-state index contributed by atoms with van der Waals surface area (Å²) >= 11 is 6.17. The van der Waals surface area contributed by atoms with E-state index < -0.39 is 6.04 Å². The van der Waals surface area contributed by atoms with Gasteiger partial charge in [-0.3, -0.25) is 9.69 Å². The highest BCUT2D eigenvalue weighted by molar-refractivity contribution is 6.32. The van der Waals surface area contributed by atoms with E-state index in [1.807, 2.05) is 4.90 Å². The van der Waals surface area contributed by atoms with Gasteiger partial charge < -0.3 is 20.5 Å². The maximum absolute atomic E-state index is 11.9. The number of fused-ring (bicyclic) bond motifs is 1. The van der Waals surface area contributed by atoms with Crippen LogP contribution in [0.15, 0.2) is 12.1 Å². The van der Waals surface area contributed by atoms with E-state index in [-0.39, 0.29) is 12.7 Å². The molecule has 1 fully saturated rings. The fourth-order valence-electron chi connectivity index (χ4n) is 2.64. The number of benzene rings is 1. The molecule has 1 aromatic rings. The second-order valence-corrected chi connectivity index (χ2v) is 5.23. The number of carbonyl (C=O) groups is 1. The molecule has 2 aliphatic heterocycles. The van der Waals surface area contributed by atoms with Crippen molar-refractivity contribution in [2.75, 3.05) is 33.0 Å². The molecule has 7 heteroatoms. The Kier molecular flexibility index (Phi) is 3.69. The SMILES string of the molecule is NC(=O)C(c1cc(Cl)c2c(c1)OCO2)N1CCNCC1. The van der Waals surface area contributed by atoms with Crippen molar-refractivity contribution in [1.82, 2.24) is 10.2 Å². The van der Waals surface area contributed by atoms with Gasteiger partial charge in [0.2, 0.25) is 12.7 Å². The van der Waals surface area contributed by atoms with E-state index in [0.29, 0.717) is 16.5 Å². The summed E-state index contributed by atoms with van der Waals surface area (Å²) in [5.74, 6) is 0.703. The molecule has 1 amide bonds. The van der Waals surface area contributed by atoms with Crippen LogP contribution in [0.5, 0.6) is 11.5 Å². The van der Waals surface area contributed by atoms with Crippen molar-refractivity contribution in [3.8, 4) is 11.5 Å². The predicted molar refractivity (Wildman–Crippen MR) is 74.0 cm³/mol. The fourth-order valence-corrected chi connectivity index (χ4v) is 2.91. The molecule has 2 heterocycles. The summed E-state index contributed by atoms with van der Waals surface area (Å²) in [6, 6.07) is 3.02. The predicted octanol–water partition coefficient (Wildman–Crippen LogP) is 0.500. The minimum atomic E-state index is -0.496. The van der Waals surface area contributed by atoms with Crippen molar-refractivity contribution < 1.29 is 14.3 Å². The first kappa shape index (κ1) is 13.5. The Balaban J connectivity index is 1.95. The first-order chi connectivity index (χ1) is 9.66. The van der Waals surface area contributed by atoms with Crippen LogP contribution in [-0.2, 0) is 4.79 Å². The van der Waals surface area contributed by atoms with Gasteiger partial charge in [0.1, 0.15) is 6.04 Å². The first-order valence-electron chi connectivity index (χ1n) is 6.50. The molecule has 3 N–H and O–H groups in total. The molecule has 1 saturated heterocycles. The van der Waals surface area contributed by atoms with Gasteiger partial charge in [0.25, 0.3) is 0 Å². The van der Waals surface area contributed by atoms with Crippen molar-refractivity contribution in [3.05, 3.63) is 22.7 Å². The minimum absolute atomic E-state index is 0.146. The molecule has 1 aromatic carbocycles. The maximum atomic E-state index is 11.9. The normalized spacial score (nSPS) is 19.9. The van der Waals surface area contributed by atoms with Crippen LogP contribution < -0.4 is 20.5 Å². The zero-order valence-corrected chi connectivity index (χ0v) is 11.7.